The molecule has 2 aromatic carbocycles. The van der Waals surface area contributed by atoms with Gasteiger partial charge in [0.1, 0.15) is 5.82 Å². The van der Waals surface area contributed by atoms with E-state index in [9.17, 15) is 9.18 Å². The highest BCUT2D eigenvalue weighted by molar-refractivity contribution is 5.97. The summed E-state index contributed by atoms with van der Waals surface area (Å²) in [6.07, 6.45) is 5.18. The van der Waals surface area contributed by atoms with Crippen molar-refractivity contribution in [3.05, 3.63) is 95.3 Å². The van der Waals surface area contributed by atoms with Crippen LogP contribution >= 0.6 is 0 Å². The topological polar surface area (TPSA) is 59.8 Å². The summed E-state index contributed by atoms with van der Waals surface area (Å²) in [6.45, 7) is 4.37. The highest BCUT2D eigenvalue weighted by Gasteiger charge is 2.15. The number of aromatic nitrogens is 3. The van der Waals surface area contributed by atoms with Crippen LogP contribution < -0.4 is 5.32 Å². The molecule has 0 aliphatic heterocycles. The molecule has 4 aromatic rings. The molecule has 1 unspecified atom stereocenters. The van der Waals surface area contributed by atoms with Crippen molar-refractivity contribution in [2.75, 3.05) is 0 Å². The molecule has 1 amide bonds. The second-order valence-corrected chi connectivity index (χ2v) is 7.08. The Kier molecular flexibility index (Phi) is 5.08. The maximum atomic E-state index is 13.4. The molecule has 0 radical (unpaired) electrons. The Hall–Kier alpha value is -3.54. The van der Waals surface area contributed by atoms with Crippen LogP contribution in [-0.4, -0.2) is 20.4 Å². The molecule has 2 aromatic heterocycles. The predicted molar refractivity (Wildman–Crippen MR) is 110 cm³/mol. The molecule has 0 aliphatic carbocycles. The van der Waals surface area contributed by atoms with Gasteiger partial charge in [0, 0.05) is 24.5 Å². The van der Waals surface area contributed by atoms with E-state index in [1.54, 1.807) is 36.9 Å². The third-order valence-corrected chi connectivity index (χ3v) is 5.11. The number of amides is 1. The zero-order chi connectivity index (χ0) is 20.4. The monoisotopic (exact) mass is 388 g/mol. The van der Waals surface area contributed by atoms with E-state index in [2.05, 4.69) is 22.2 Å². The fourth-order valence-electron chi connectivity index (χ4n) is 3.53. The predicted octanol–water partition coefficient (Wildman–Crippen LogP) is 4.42. The van der Waals surface area contributed by atoms with E-state index in [0.29, 0.717) is 12.1 Å². The van der Waals surface area contributed by atoms with Gasteiger partial charge in [-0.1, -0.05) is 12.1 Å². The Bertz CT molecular complexity index is 1170. The fraction of sp³-hybridized carbons (Fsp3) is 0.174. The number of hydrogen-bond donors (Lipinski definition) is 1. The van der Waals surface area contributed by atoms with Crippen LogP contribution in [0.4, 0.5) is 4.39 Å². The van der Waals surface area contributed by atoms with Gasteiger partial charge in [0.15, 0.2) is 0 Å². The van der Waals surface area contributed by atoms with Crippen LogP contribution in [0, 0.1) is 12.7 Å². The smallest absolute Gasteiger partial charge is 0.251 e. The van der Waals surface area contributed by atoms with Gasteiger partial charge in [0.05, 0.1) is 23.4 Å². The van der Waals surface area contributed by atoms with E-state index in [1.165, 1.54) is 12.1 Å². The first kappa shape index (κ1) is 18.8. The minimum atomic E-state index is -0.240. The van der Waals surface area contributed by atoms with Crippen LogP contribution in [0.3, 0.4) is 0 Å². The number of rotatable bonds is 5. The van der Waals surface area contributed by atoms with Crippen LogP contribution in [0.1, 0.15) is 40.0 Å². The van der Waals surface area contributed by atoms with Crippen molar-refractivity contribution in [1.29, 1.82) is 0 Å². The number of fused-ring (bicyclic) bond motifs is 1. The van der Waals surface area contributed by atoms with Crippen molar-refractivity contribution in [1.82, 2.24) is 19.9 Å². The van der Waals surface area contributed by atoms with Crippen molar-refractivity contribution in [2.45, 2.75) is 26.4 Å². The zero-order valence-corrected chi connectivity index (χ0v) is 16.3. The van der Waals surface area contributed by atoms with E-state index < -0.39 is 0 Å². The highest BCUT2D eigenvalue weighted by Crippen LogP contribution is 2.26. The standard InChI is InChI=1S/C23H21FN4O/c1-15-10-19(24)6-7-20(15)16(2)28-14-27-21-11-18(5-8-22(21)28)23(29)26-13-17-4-3-9-25-12-17/h3-12,14,16H,13H2,1-2H3,(H,26,29). The summed E-state index contributed by atoms with van der Waals surface area (Å²) in [6, 6.07) is 14.0. The summed E-state index contributed by atoms with van der Waals surface area (Å²) >= 11 is 0. The second kappa shape index (κ2) is 7.83. The van der Waals surface area contributed by atoms with Gasteiger partial charge in [0.25, 0.3) is 5.91 Å². The molecule has 5 nitrogen and oxygen atoms in total. The number of nitrogens with zero attached hydrogens (tertiary/aromatic N) is 3. The number of aryl methyl sites for hydroxylation is 1. The number of carbonyl (C=O) groups is 1. The summed E-state index contributed by atoms with van der Waals surface area (Å²) in [4.78, 5) is 21.0. The molecule has 1 N–H and O–H groups in total. The van der Waals surface area contributed by atoms with Crippen LogP contribution in [0.2, 0.25) is 0 Å². The van der Waals surface area contributed by atoms with E-state index in [4.69, 9.17) is 0 Å². The Morgan fingerprint density at radius 1 is 1.21 bits per heavy atom. The van der Waals surface area contributed by atoms with Gasteiger partial charge in [-0.05, 0) is 66.9 Å². The summed E-state index contributed by atoms with van der Waals surface area (Å²) in [5, 5.41) is 2.90. The van der Waals surface area contributed by atoms with Crippen molar-refractivity contribution in [3.63, 3.8) is 0 Å². The molecule has 0 fully saturated rings. The molecule has 146 valence electrons. The van der Waals surface area contributed by atoms with Crippen molar-refractivity contribution < 1.29 is 9.18 Å². The molecule has 6 heteroatoms. The SMILES string of the molecule is Cc1cc(F)ccc1C(C)n1cnc2cc(C(=O)NCc3cccnc3)ccc21. The molecule has 2 heterocycles. The van der Waals surface area contributed by atoms with E-state index in [0.717, 1.165) is 27.7 Å². The van der Waals surface area contributed by atoms with E-state index >= 15 is 0 Å². The Labute approximate surface area is 168 Å². The van der Waals surface area contributed by atoms with Gasteiger partial charge in [-0.3, -0.25) is 9.78 Å². The molecule has 4 rings (SSSR count). The zero-order valence-electron chi connectivity index (χ0n) is 16.3. The van der Waals surface area contributed by atoms with Crippen molar-refractivity contribution in [3.8, 4) is 0 Å². The van der Waals surface area contributed by atoms with Gasteiger partial charge in [0.2, 0.25) is 0 Å². The van der Waals surface area contributed by atoms with Gasteiger partial charge >= 0.3 is 0 Å². The first-order valence-corrected chi connectivity index (χ1v) is 9.42. The van der Waals surface area contributed by atoms with Gasteiger partial charge in [-0.15, -0.1) is 0 Å². The quantitative estimate of drug-likeness (QED) is 0.551. The summed E-state index contributed by atoms with van der Waals surface area (Å²) in [7, 11) is 0. The molecule has 1 atom stereocenters. The molecule has 0 aliphatic rings. The van der Waals surface area contributed by atoms with Gasteiger partial charge in [-0.2, -0.15) is 0 Å². The average Bonchev–Trinajstić information content (AvgIpc) is 3.15. The molecular formula is C23H21FN4O. The highest BCUT2D eigenvalue weighted by atomic mass is 19.1. The Morgan fingerprint density at radius 3 is 2.83 bits per heavy atom. The molecule has 0 saturated heterocycles. The second-order valence-electron chi connectivity index (χ2n) is 7.08. The van der Waals surface area contributed by atoms with E-state index in [1.807, 2.05) is 29.7 Å². The number of hydrogen-bond acceptors (Lipinski definition) is 3. The number of benzene rings is 2. The summed E-state index contributed by atoms with van der Waals surface area (Å²) in [5.41, 5.74) is 5.08. The van der Waals surface area contributed by atoms with Crippen LogP contribution in [0.25, 0.3) is 11.0 Å². The largest absolute Gasteiger partial charge is 0.348 e. The summed E-state index contributed by atoms with van der Waals surface area (Å²) < 4.78 is 15.5. The first-order valence-electron chi connectivity index (χ1n) is 9.42. The molecule has 0 saturated carbocycles. The maximum absolute atomic E-state index is 13.4. The summed E-state index contributed by atoms with van der Waals surface area (Å²) in [5.74, 6) is -0.399. The minimum Gasteiger partial charge on any atom is -0.348 e. The molecule has 0 bridgehead atoms. The van der Waals surface area contributed by atoms with Crippen LogP contribution in [0.15, 0.2) is 67.3 Å². The lowest BCUT2D eigenvalue weighted by atomic mass is 10.0. The third kappa shape index (κ3) is 3.87. The number of halogens is 1. The molecule has 0 spiro atoms. The van der Waals surface area contributed by atoms with Crippen LogP contribution in [0.5, 0.6) is 0 Å². The number of carbonyl (C=O) groups excluding carboxylic acids is 1. The van der Waals surface area contributed by atoms with Crippen LogP contribution in [-0.2, 0) is 6.54 Å². The number of imidazole rings is 1. The first-order chi connectivity index (χ1) is 14.0. The molecular weight excluding hydrogens is 367 g/mol. The Balaban J connectivity index is 1.56. The maximum Gasteiger partial charge on any atom is 0.251 e. The number of pyridine rings is 1. The lowest BCUT2D eigenvalue weighted by Crippen LogP contribution is -2.22. The lowest BCUT2D eigenvalue weighted by Gasteiger charge is -2.17. The van der Waals surface area contributed by atoms with E-state index in [-0.39, 0.29) is 17.8 Å². The fourth-order valence-corrected chi connectivity index (χ4v) is 3.53. The lowest BCUT2D eigenvalue weighted by molar-refractivity contribution is 0.0951. The molecule has 29 heavy (non-hydrogen) atoms. The number of nitrogens with one attached hydrogen (secondary N) is 1. The van der Waals surface area contributed by atoms with Gasteiger partial charge < -0.3 is 9.88 Å². The Morgan fingerprint density at radius 2 is 2.07 bits per heavy atom. The van der Waals surface area contributed by atoms with Gasteiger partial charge in [-0.25, -0.2) is 9.37 Å². The normalized spacial score (nSPS) is 12.1. The average molecular weight is 388 g/mol. The minimum absolute atomic E-state index is 0.00847. The third-order valence-electron chi connectivity index (χ3n) is 5.11. The van der Waals surface area contributed by atoms with Crippen molar-refractivity contribution >= 4 is 16.9 Å². The van der Waals surface area contributed by atoms with Crippen molar-refractivity contribution in [2.24, 2.45) is 0 Å².